The zero-order valence-corrected chi connectivity index (χ0v) is 25.2. The van der Waals surface area contributed by atoms with E-state index in [1.165, 1.54) is 48.8 Å². The number of aliphatic hydroxyl groups is 2. The van der Waals surface area contributed by atoms with Gasteiger partial charge in [-0.1, -0.05) is 102 Å². The minimum absolute atomic E-state index is 0.0213. The van der Waals surface area contributed by atoms with E-state index in [1.54, 1.807) is 0 Å². The predicted molar refractivity (Wildman–Crippen MR) is 165 cm³/mol. The van der Waals surface area contributed by atoms with Crippen molar-refractivity contribution >= 4 is 11.9 Å². The fraction of sp³-hybridized carbons (Fsp3) is 0.486. The Morgan fingerprint density at radius 3 is 1.85 bits per heavy atom. The van der Waals surface area contributed by atoms with Gasteiger partial charge in [0.15, 0.2) is 0 Å². The van der Waals surface area contributed by atoms with E-state index in [1.807, 2.05) is 6.92 Å². The lowest BCUT2D eigenvalue weighted by Crippen LogP contribution is -2.33. The Hall–Kier alpha value is -3.22. The molecule has 6 nitrogen and oxygen atoms in total. The summed E-state index contributed by atoms with van der Waals surface area (Å²) in [6, 6.07) is 15.3. The van der Waals surface area contributed by atoms with Crippen LogP contribution in [-0.2, 0) is 38.3 Å². The van der Waals surface area contributed by atoms with Crippen molar-refractivity contribution in [1.82, 2.24) is 0 Å². The molecule has 6 heteroatoms. The van der Waals surface area contributed by atoms with E-state index in [4.69, 9.17) is 19.7 Å². The molecule has 2 N–H and O–H groups in total. The molecule has 224 valence electrons. The lowest BCUT2D eigenvalue weighted by atomic mass is 9.85. The largest absolute Gasteiger partial charge is 0.462 e. The highest BCUT2D eigenvalue weighted by Crippen LogP contribution is 2.28. The molecule has 0 atom stereocenters. The van der Waals surface area contributed by atoms with Gasteiger partial charge >= 0.3 is 11.9 Å². The van der Waals surface area contributed by atoms with Crippen molar-refractivity contribution < 1.29 is 29.3 Å². The molecule has 0 aliphatic rings. The van der Waals surface area contributed by atoms with Gasteiger partial charge in [-0.05, 0) is 59.9 Å². The zero-order chi connectivity index (χ0) is 30.3. The molecule has 41 heavy (non-hydrogen) atoms. The van der Waals surface area contributed by atoms with Gasteiger partial charge in [-0.3, -0.25) is 0 Å². The number of esters is 2. The van der Waals surface area contributed by atoms with Crippen LogP contribution in [0.2, 0.25) is 0 Å². The highest BCUT2D eigenvalue weighted by molar-refractivity contribution is 5.88. The van der Waals surface area contributed by atoms with E-state index < -0.39 is 30.6 Å². The zero-order valence-electron chi connectivity index (χ0n) is 25.2. The van der Waals surface area contributed by atoms with Gasteiger partial charge in [-0.25, -0.2) is 9.59 Å². The lowest BCUT2D eigenvalue weighted by molar-refractivity contribution is -0.149. The van der Waals surface area contributed by atoms with Crippen LogP contribution in [0.5, 0.6) is 0 Å². The molecule has 0 unspecified atom stereocenters. The first-order valence-electron chi connectivity index (χ1n) is 14.8. The van der Waals surface area contributed by atoms with Crippen LogP contribution in [0, 0.1) is 5.41 Å². The molecule has 0 heterocycles. The van der Waals surface area contributed by atoms with Gasteiger partial charge in [0.25, 0.3) is 0 Å². The Morgan fingerprint density at radius 1 is 0.756 bits per heavy atom. The number of rotatable bonds is 19. The molecule has 0 saturated carbocycles. The number of ether oxygens (including phenoxy) is 2. The van der Waals surface area contributed by atoms with Crippen LogP contribution in [0.1, 0.15) is 76.0 Å². The van der Waals surface area contributed by atoms with Crippen molar-refractivity contribution in [3.05, 3.63) is 83.5 Å². The van der Waals surface area contributed by atoms with Crippen LogP contribution in [0.3, 0.4) is 0 Å². The molecule has 0 amide bonds. The molecule has 2 aromatic carbocycles. The topological polar surface area (TPSA) is 93.1 Å². The van der Waals surface area contributed by atoms with Crippen molar-refractivity contribution in [3.8, 4) is 11.1 Å². The fourth-order valence-electron chi connectivity index (χ4n) is 4.61. The number of benzene rings is 2. The first kappa shape index (κ1) is 34.0. The summed E-state index contributed by atoms with van der Waals surface area (Å²) < 4.78 is 10.7. The predicted octanol–water partition coefficient (Wildman–Crippen LogP) is 6.55. The number of aryl methyl sites for hydroxylation is 3. The Morgan fingerprint density at radius 2 is 1.32 bits per heavy atom. The normalized spacial score (nSPS) is 11.2. The number of carbonyl (C=O) groups excluding carboxylic acids is 2. The van der Waals surface area contributed by atoms with E-state index >= 15 is 0 Å². The molecule has 0 radical (unpaired) electrons. The summed E-state index contributed by atoms with van der Waals surface area (Å²) in [5.74, 6) is -1.38. The molecule has 2 rings (SSSR count). The van der Waals surface area contributed by atoms with Gasteiger partial charge in [0, 0.05) is 5.41 Å². The second-order valence-corrected chi connectivity index (χ2v) is 11.2. The number of hydrogen-bond donors (Lipinski definition) is 2. The van der Waals surface area contributed by atoms with Crippen LogP contribution in [0.15, 0.2) is 66.8 Å². The molecular formula is C35H48O6. The minimum atomic E-state index is -0.697. The molecule has 0 aliphatic carbocycles. The van der Waals surface area contributed by atoms with E-state index in [2.05, 4.69) is 69.5 Å². The van der Waals surface area contributed by atoms with E-state index in [-0.39, 0.29) is 24.4 Å². The van der Waals surface area contributed by atoms with Gasteiger partial charge in [-0.15, -0.1) is 0 Å². The van der Waals surface area contributed by atoms with Crippen LogP contribution >= 0.6 is 0 Å². The molecule has 0 bridgehead atoms. The molecule has 0 saturated heterocycles. The standard InChI is InChI=1S/C35H48O6/c1-6-8-9-10-11-12-30-17-18-32(21-29(30)7-2)31-15-13-28(14-16-31)19-20-35(5,24-40-33(38)26(3)22-36)25-41-34(39)27(4)23-37/h13-18,21,36-37H,3-4,6-12,19-20,22-25H2,1-2,5H3. The van der Waals surface area contributed by atoms with Gasteiger partial charge in [-0.2, -0.15) is 0 Å². The average molecular weight is 565 g/mol. The Bertz CT molecular complexity index is 1120. The summed E-state index contributed by atoms with van der Waals surface area (Å²) in [7, 11) is 0. The van der Waals surface area contributed by atoms with Crippen molar-refractivity contribution in [2.75, 3.05) is 26.4 Å². The average Bonchev–Trinajstić information content (AvgIpc) is 3.00. The molecule has 2 aromatic rings. The molecule has 0 fully saturated rings. The van der Waals surface area contributed by atoms with Gasteiger partial charge in [0.05, 0.1) is 24.4 Å². The van der Waals surface area contributed by atoms with E-state index in [0.29, 0.717) is 12.8 Å². The minimum Gasteiger partial charge on any atom is -0.462 e. The fourth-order valence-corrected chi connectivity index (χ4v) is 4.61. The Balaban J connectivity index is 2.07. The summed E-state index contributed by atoms with van der Waals surface area (Å²) in [4.78, 5) is 24.2. The maximum absolute atomic E-state index is 12.1. The SMILES string of the molecule is C=C(CO)C(=O)OCC(C)(CCc1ccc(-c2ccc(CCCCCCC)c(CC)c2)cc1)COC(=O)C(=C)CO. The van der Waals surface area contributed by atoms with Gasteiger partial charge in [0.1, 0.15) is 13.2 Å². The summed E-state index contributed by atoms with van der Waals surface area (Å²) in [5.41, 5.74) is 5.56. The Kier molecular flexibility index (Phi) is 14.6. The summed E-state index contributed by atoms with van der Waals surface area (Å²) in [5, 5.41) is 18.3. The second kappa shape index (κ2) is 17.6. The molecular weight excluding hydrogens is 516 g/mol. The maximum atomic E-state index is 12.1. The lowest BCUT2D eigenvalue weighted by Gasteiger charge is -2.29. The van der Waals surface area contributed by atoms with Crippen molar-refractivity contribution in [2.45, 2.75) is 78.6 Å². The van der Waals surface area contributed by atoms with Crippen molar-refractivity contribution in [2.24, 2.45) is 5.41 Å². The third kappa shape index (κ3) is 11.3. The highest BCUT2D eigenvalue weighted by atomic mass is 16.5. The quantitative estimate of drug-likeness (QED) is 0.114. The smallest absolute Gasteiger partial charge is 0.335 e. The third-order valence-corrected chi connectivity index (χ3v) is 7.50. The van der Waals surface area contributed by atoms with Crippen molar-refractivity contribution in [1.29, 1.82) is 0 Å². The summed E-state index contributed by atoms with van der Waals surface area (Å²) >= 11 is 0. The van der Waals surface area contributed by atoms with E-state index in [0.717, 1.165) is 24.0 Å². The first-order chi connectivity index (χ1) is 19.7. The number of aliphatic hydroxyl groups excluding tert-OH is 2. The van der Waals surface area contributed by atoms with Crippen molar-refractivity contribution in [3.63, 3.8) is 0 Å². The van der Waals surface area contributed by atoms with Crippen LogP contribution in [0.25, 0.3) is 11.1 Å². The summed E-state index contributed by atoms with van der Waals surface area (Å²) in [6.45, 7) is 12.3. The maximum Gasteiger partial charge on any atom is 0.335 e. The Labute approximate surface area is 246 Å². The first-order valence-corrected chi connectivity index (χ1v) is 14.8. The highest BCUT2D eigenvalue weighted by Gasteiger charge is 2.29. The van der Waals surface area contributed by atoms with Crippen LogP contribution < -0.4 is 0 Å². The van der Waals surface area contributed by atoms with E-state index in [9.17, 15) is 9.59 Å². The monoisotopic (exact) mass is 564 g/mol. The number of carbonyl (C=O) groups is 2. The third-order valence-electron chi connectivity index (χ3n) is 7.50. The second-order valence-electron chi connectivity index (χ2n) is 11.2. The van der Waals surface area contributed by atoms with Crippen LogP contribution in [-0.4, -0.2) is 48.6 Å². The molecule has 0 aliphatic heterocycles. The number of hydrogen-bond acceptors (Lipinski definition) is 6. The number of unbranched alkanes of at least 4 members (excludes halogenated alkanes) is 4. The van der Waals surface area contributed by atoms with Crippen LogP contribution in [0.4, 0.5) is 0 Å². The van der Waals surface area contributed by atoms with Gasteiger partial charge in [0.2, 0.25) is 0 Å². The van der Waals surface area contributed by atoms with Gasteiger partial charge < -0.3 is 19.7 Å². The molecule has 0 spiro atoms. The molecule has 0 aromatic heterocycles. The summed E-state index contributed by atoms with van der Waals surface area (Å²) in [6.07, 6.45) is 9.82.